The van der Waals surface area contributed by atoms with E-state index in [4.69, 9.17) is 11.6 Å². The molecular weight excluding hydrogens is 298 g/mol. The van der Waals surface area contributed by atoms with Crippen molar-refractivity contribution in [3.63, 3.8) is 0 Å². The minimum Gasteiger partial charge on any atom is -0.313 e. The molecule has 2 aromatic carbocycles. The van der Waals surface area contributed by atoms with Gasteiger partial charge in [-0.25, -0.2) is 0 Å². The van der Waals surface area contributed by atoms with Crippen molar-refractivity contribution >= 4 is 23.4 Å². The van der Waals surface area contributed by atoms with E-state index in [1.54, 1.807) is 0 Å². The summed E-state index contributed by atoms with van der Waals surface area (Å²) in [4.78, 5) is 1.16. The van der Waals surface area contributed by atoms with Gasteiger partial charge in [-0.2, -0.15) is 0 Å². The van der Waals surface area contributed by atoms with E-state index in [-0.39, 0.29) is 0 Å². The summed E-state index contributed by atoms with van der Waals surface area (Å²) in [5.41, 5.74) is 2.71. The van der Waals surface area contributed by atoms with E-state index in [2.05, 4.69) is 49.5 Å². The highest BCUT2D eigenvalue weighted by Gasteiger charge is 2.10. The van der Waals surface area contributed by atoms with Gasteiger partial charge >= 0.3 is 0 Å². The van der Waals surface area contributed by atoms with Crippen molar-refractivity contribution in [2.45, 2.75) is 31.2 Å². The summed E-state index contributed by atoms with van der Waals surface area (Å²) in [6.07, 6.45) is 1.05. The first kappa shape index (κ1) is 16.4. The molecule has 0 saturated carbocycles. The highest BCUT2D eigenvalue weighted by Crippen LogP contribution is 2.27. The Morgan fingerprint density at radius 3 is 2.67 bits per heavy atom. The van der Waals surface area contributed by atoms with Crippen LogP contribution in [0.2, 0.25) is 5.02 Å². The molecule has 0 aromatic heterocycles. The average molecular weight is 320 g/mol. The Morgan fingerprint density at radius 1 is 1.14 bits per heavy atom. The lowest BCUT2D eigenvalue weighted by atomic mass is 10.0. The second-order valence-electron chi connectivity index (χ2n) is 5.19. The maximum absolute atomic E-state index is 6.22. The number of aryl methyl sites for hydroxylation is 1. The van der Waals surface area contributed by atoms with Gasteiger partial charge in [0.2, 0.25) is 0 Å². The summed E-state index contributed by atoms with van der Waals surface area (Å²) in [5, 5.41) is 4.42. The highest BCUT2D eigenvalue weighted by atomic mass is 35.5. The number of nitrogens with one attached hydrogen (secondary N) is 1. The quantitative estimate of drug-likeness (QED) is 0.724. The lowest BCUT2D eigenvalue weighted by Crippen LogP contribution is -2.33. The molecule has 0 bridgehead atoms. The smallest absolute Gasteiger partial charge is 0.0541 e. The van der Waals surface area contributed by atoms with Crippen LogP contribution in [0.5, 0.6) is 0 Å². The maximum Gasteiger partial charge on any atom is 0.0541 e. The molecule has 0 fully saturated rings. The first-order valence-electron chi connectivity index (χ1n) is 7.35. The van der Waals surface area contributed by atoms with Gasteiger partial charge in [-0.3, -0.25) is 0 Å². The number of hydrogen-bond donors (Lipinski definition) is 1. The zero-order valence-corrected chi connectivity index (χ0v) is 14.2. The van der Waals surface area contributed by atoms with E-state index in [0.29, 0.717) is 6.04 Å². The van der Waals surface area contributed by atoms with Crippen LogP contribution in [0.3, 0.4) is 0 Å². The van der Waals surface area contributed by atoms with E-state index in [9.17, 15) is 0 Å². The molecule has 2 rings (SSSR count). The van der Waals surface area contributed by atoms with Crippen molar-refractivity contribution in [3.05, 3.63) is 64.7 Å². The van der Waals surface area contributed by atoms with Gasteiger partial charge in [-0.15, -0.1) is 11.8 Å². The Labute approximate surface area is 137 Å². The van der Waals surface area contributed by atoms with Gasteiger partial charge in [0.15, 0.2) is 0 Å². The Kier molecular flexibility index (Phi) is 6.62. The molecule has 0 spiro atoms. The van der Waals surface area contributed by atoms with Gasteiger partial charge in [0, 0.05) is 16.7 Å². The van der Waals surface area contributed by atoms with Crippen molar-refractivity contribution < 1.29 is 0 Å². The van der Waals surface area contributed by atoms with E-state index < -0.39 is 0 Å². The van der Waals surface area contributed by atoms with Crippen molar-refractivity contribution in [1.29, 1.82) is 0 Å². The molecule has 21 heavy (non-hydrogen) atoms. The van der Waals surface area contributed by atoms with Crippen molar-refractivity contribution in [3.8, 4) is 0 Å². The van der Waals surface area contributed by atoms with Gasteiger partial charge in [0.05, 0.1) is 5.02 Å². The Morgan fingerprint density at radius 2 is 1.95 bits per heavy atom. The van der Waals surface area contributed by atoms with Crippen LogP contribution in [0.25, 0.3) is 0 Å². The normalized spacial score (nSPS) is 12.3. The summed E-state index contributed by atoms with van der Waals surface area (Å²) in [6, 6.07) is 17.3. The molecule has 3 heteroatoms. The zero-order chi connectivity index (χ0) is 15.1. The van der Waals surface area contributed by atoms with Crippen molar-refractivity contribution in [2.75, 3.05) is 12.3 Å². The predicted molar refractivity (Wildman–Crippen MR) is 94.5 cm³/mol. The second-order valence-corrected chi connectivity index (χ2v) is 6.66. The summed E-state index contributed by atoms with van der Waals surface area (Å²) in [7, 11) is 0. The number of benzene rings is 2. The number of rotatable bonds is 7. The third kappa shape index (κ3) is 5.39. The Balaban J connectivity index is 1.97. The molecule has 1 atom stereocenters. The molecular formula is C18H22ClNS. The lowest BCUT2D eigenvalue weighted by Gasteiger charge is -2.18. The molecule has 0 aliphatic heterocycles. The molecule has 1 nitrogen and oxygen atoms in total. The maximum atomic E-state index is 6.22. The van der Waals surface area contributed by atoms with Gasteiger partial charge in [-0.1, -0.05) is 60.5 Å². The van der Waals surface area contributed by atoms with Crippen LogP contribution < -0.4 is 5.32 Å². The molecule has 0 saturated heterocycles. The zero-order valence-electron chi connectivity index (χ0n) is 12.6. The van der Waals surface area contributed by atoms with Gasteiger partial charge in [0.25, 0.3) is 0 Å². The van der Waals surface area contributed by atoms with Crippen LogP contribution in [0.1, 0.15) is 18.1 Å². The molecule has 0 amide bonds. The lowest BCUT2D eigenvalue weighted by molar-refractivity contribution is 0.572. The van der Waals surface area contributed by atoms with Crippen LogP contribution in [-0.4, -0.2) is 18.3 Å². The van der Waals surface area contributed by atoms with Crippen LogP contribution in [0.15, 0.2) is 53.4 Å². The number of likely N-dealkylation sites (N-methyl/N-ethyl adjacent to an activating group) is 1. The highest BCUT2D eigenvalue weighted by molar-refractivity contribution is 7.99. The largest absolute Gasteiger partial charge is 0.313 e. The van der Waals surface area contributed by atoms with E-state index in [1.807, 2.05) is 30.0 Å². The fourth-order valence-electron chi connectivity index (χ4n) is 2.35. The van der Waals surface area contributed by atoms with Crippen LogP contribution in [0, 0.1) is 6.92 Å². The third-order valence-corrected chi connectivity index (χ3v) is 5.01. The van der Waals surface area contributed by atoms with Gasteiger partial charge in [0.1, 0.15) is 0 Å². The minimum absolute atomic E-state index is 0.457. The van der Waals surface area contributed by atoms with Crippen LogP contribution in [0.4, 0.5) is 0 Å². The average Bonchev–Trinajstić information content (AvgIpc) is 2.46. The van der Waals surface area contributed by atoms with Gasteiger partial charge < -0.3 is 5.32 Å². The van der Waals surface area contributed by atoms with Crippen molar-refractivity contribution in [2.24, 2.45) is 0 Å². The topological polar surface area (TPSA) is 12.0 Å². The van der Waals surface area contributed by atoms with E-state index in [0.717, 1.165) is 28.6 Å². The second kappa shape index (κ2) is 8.47. The Hall–Kier alpha value is -0.960. The van der Waals surface area contributed by atoms with Crippen LogP contribution >= 0.6 is 23.4 Å². The number of halogens is 1. The number of thioether (sulfide) groups is 1. The molecule has 0 radical (unpaired) electrons. The van der Waals surface area contributed by atoms with Crippen LogP contribution in [-0.2, 0) is 6.42 Å². The fourth-order valence-corrected chi connectivity index (χ4v) is 3.65. The number of hydrogen-bond acceptors (Lipinski definition) is 2. The first-order chi connectivity index (χ1) is 10.2. The fraction of sp³-hybridized carbons (Fsp3) is 0.333. The Bertz CT molecular complexity index is 571. The minimum atomic E-state index is 0.457. The monoisotopic (exact) mass is 319 g/mol. The summed E-state index contributed by atoms with van der Waals surface area (Å²) in [6.45, 7) is 5.28. The van der Waals surface area contributed by atoms with Crippen molar-refractivity contribution in [1.82, 2.24) is 5.32 Å². The molecule has 0 heterocycles. The molecule has 2 aromatic rings. The van der Waals surface area contributed by atoms with Gasteiger partial charge in [-0.05, 0) is 37.6 Å². The summed E-state index contributed by atoms with van der Waals surface area (Å²) >= 11 is 8.05. The van der Waals surface area contributed by atoms with E-state index in [1.165, 1.54) is 11.1 Å². The standard InChI is InChI=1S/C18H22ClNS/c1-3-20-16(12-15-8-6-7-14(2)11-15)13-21-18-10-5-4-9-17(18)19/h4-11,16,20H,3,12-13H2,1-2H3. The summed E-state index contributed by atoms with van der Waals surface area (Å²) < 4.78 is 0. The third-order valence-electron chi connectivity index (χ3n) is 3.33. The molecule has 0 aliphatic carbocycles. The molecule has 0 aliphatic rings. The molecule has 112 valence electrons. The molecule has 1 unspecified atom stereocenters. The SMILES string of the molecule is CCNC(CSc1ccccc1Cl)Cc1cccc(C)c1. The predicted octanol–water partition coefficient (Wildman–Crippen LogP) is 4.96. The first-order valence-corrected chi connectivity index (χ1v) is 8.71. The van der Waals surface area contributed by atoms with E-state index >= 15 is 0 Å². The molecule has 1 N–H and O–H groups in total. The summed E-state index contributed by atoms with van der Waals surface area (Å²) in [5.74, 6) is 1.02.